The molecule has 0 heterocycles. The number of nitrogens with zero attached hydrogens (tertiary/aromatic N) is 1. The van der Waals surface area contributed by atoms with Gasteiger partial charge in [0.05, 0.1) is 10.6 Å². The molecule has 0 aromatic heterocycles. The van der Waals surface area contributed by atoms with Gasteiger partial charge in [-0.15, -0.1) is 0 Å². The zero-order valence-electron chi connectivity index (χ0n) is 9.57. The minimum atomic E-state index is -3.63. The van der Waals surface area contributed by atoms with Crippen molar-refractivity contribution in [3.05, 3.63) is 22.4 Å². The lowest BCUT2D eigenvalue weighted by Crippen LogP contribution is -2.31. The fourth-order valence-corrected chi connectivity index (χ4v) is 3.91. The van der Waals surface area contributed by atoms with Crippen molar-refractivity contribution in [2.45, 2.75) is 18.7 Å². The van der Waals surface area contributed by atoms with Gasteiger partial charge in [0.2, 0.25) is 10.0 Å². The Balaban J connectivity index is 3.38. The second-order valence-electron chi connectivity index (χ2n) is 3.39. The molecule has 2 N–H and O–H groups in total. The summed E-state index contributed by atoms with van der Waals surface area (Å²) in [6, 6.07) is 2.19. The molecule has 0 spiro atoms. The maximum atomic E-state index is 13.1. The van der Waals surface area contributed by atoms with Crippen LogP contribution in [0.25, 0.3) is 0 Å². The summed E-state index contributed by atoms with van der Waals surface area (Å²) in [5, 5.41) is 0. The fourth-order valence-electron chi connectivity index (χ4n) is 1.45. The molecule has 0 radical (unpaired) electrons. The lowest BCUT2D eigenvalue weighted by atomic mass is 10.3. The van der Waals surface area contributed by atoms with Gasteiger partial charge in [0.1, 0.15) is 5.82 Å². The third kappa shape index (κ3) is 2.78. The Kier molecular flexibility index (Phi) is 4.51. The molecule has 0 aliphatic heterocycles. The van der Waals surface area contributed by atoms with Crippen molar-refractivity contribution in [3.8, 4) is 0 Å². The van der Waals surface area contributed by atoms with E-state index in [0.717, 1.165) is 12.1 Å². The average molecular weight is 325 g/mol. The number of halogens is 2. The number of rotatable bonds is 4. The Labute approximate surface area is 109 Å². The zero-order chi connectivity index (χ0) is 13.2. The van der Waals surface area contributed by atoms with Crippen LogP contribution >= 0.6 is 15.9 Å². The topological polar surface area (TPSA) is 63.4 Å². The number of hydrogen-bond donors (Lipinski definition) is 1. The predicted molar refractivity (Wildman–Crippen MR) is 68.6 cm³/mol. The van der Waals surface area contributed by atoms with Gasteiger partial charge in [-0.1, -0.05) is 13.8 Å². The first-order valence-electron chi connectivity index (χ1n) is 5.09. The van der Waals surface area contributed by atoms with E-state index in [9.17, 15) is 12.8 Å². The lowest BCUT2D eigenvalue weighted by molar-refractivity contribution is 0.445. The molecule has 1 aromatic carbocycles. The molecule has 0 bridgehead atoms. The van der Waals surface area contributed by atoms with Crippen LogP contribution in [0.3, 0.4) is 0 Å². The SMILES string of the molecule is CCN(CC)S(=O)(=O)c1cc(N)c(F)cc1Br. The second kappa shape index (κ2) is 5.32. The highest BCUT2D eigenvalue weighted by Crippen LogP contribution is 2.28. The Hall–Kier alpha value is -0.660. The van der Waals surface area contributed by atoms with E-state index in [2.05, 4.69) is 15.9 Å². The molecule has 0 atom stereocenters. The van der Waals surface area contributed by atoms with E-state index in [1.807, 2.05) is 0 Å². The van der Waals surface area contributed by atoms with Gasteiger partial charge in [0, 0.05) is 17.6 Å². The van der Waals surface area contributed by atoms with Gasteiger partial charge in [0.15, 0.2) is 0 Å². The number of sulfonamides is 1. The van der Waals surface area contributed by atoms with Crippen LogP contribution in [0.4, 0.5) is 10.1 Å². The summed E-state index contributed by atoms with van der Waals surface area (Å²) in [7, 11) is -3.63. The highest BCUT2D eigenvalue weighted by Gasteiger charge is 2.25. The molecule has 0 aliphatic rings. The monoisotopic (exact) mass is 324 g/mol. The largest absolute Gasteiger partial charge is 0.396 e. The molecule has 0 saturated carbocycles. The Morgan fingerprint density at radius 1 is 1.35 bits per heavy atom. The van der Waals surface area contributed by atoms with Crippen LogP contribution in [0.2, 0.25) is 0 Å². The first kappa shape index (κ1) is 14.4. The van der Waals surface area contributed by atoms with Crippen LogP contribution in [0.1, 0.15) is 13.8 Å². The standard InChI is InChI=1S/C10H14BrFN2O2S/c1-3-14(4-2)17(15,16)10-6-9(13)8(12)5-7(10)11/h5-6H,3-4,13H2,1-2H3. The van der Waals surface area contributed by atoms with Gasteiger partial charge in [-0.25, -0.2) is 12.8 Å². The zero-order valence-corrected chi connectivity index (χ0v) is 12.0. The minimum Gasteiger partial charge on any atom is -0.396 e. The van der Waals surface area contributed by atoms with Crippen LogP contribution in [0.15, 0.2) is 21.5 Å². The first-order chi connectivity index (χ1) is 7.84. The van der Waals surface area contributed by atoms with Crippen molar-refractivity contribution in [1.29, 1.82) is 0 Å². The van der Waals surface area contributed by atoms with Crippen molar-refractivity contribution in [1.82, 2.24) is 4.31 Å². The van der Waals surface area contributed by atoms with Gasteiger partial charge >= 0.3 is 0 Å². The highest BCUT2D eigenvalue weighted by molar-refractivity contribution is 9.10. The summed E-state index contributed by atoms with van der Waals surface area (Å²) in [4.78, 5) is -0.0138. The molecule has 7 heteroatoms. The van der Waals surface area contributed by atoms with Crippen molar-refractivity contribution in [3.63, 3.8) is 0 Å². The van der Waals surface area contributed by atoms with E-state index in [1.54, 1.807) is 13.8 Å². The predicted octanol–water partition coefficient (Wildman–Crippen LogP) is 2.20. The first-order valence-corrected chi connectivity index (χ1v) is 7.32. The molecular weight excluding hydrogens is 311 g/mol. The van der Waals surface area contributed by atoms with Crippen molar-refractivity contribution < 1.29 is 12.8 Å². The normalized spacial score (nSPS) is 12.1. The third-order valence-electron chi connectivity index (χ3n) is 2.37. The summed E-state index contributed by atoms with van der Waals surface area (Å²) in [5.74, 6) is -0.643. The van der Waals surface area contributed by atoms with Crippen LogP contribution in [-0.4, -0.2) is 25.8 Å². The molecule has 1 aromatic rings. The molecule has 0 amide bonds. The molecule has 0 unspecified atom stereocenters. The van der Waals surface area contributed by atoms with Crippen LogP contribution in [0, 0.1) is 5.82 Å². The quantitative estimate of drug-likeness (QED) is 0.863. The average Bonchev–Trinajstić information content (AvgIpc) is 2.24. The maximum Gasteiger partial charge on any atom is 0.244 e. The van der Waals surface area contributed by atoms with E-state index >= 15 is 0 Å². The smallest absolute Gasteiger partial charge is 0.244 e. The number of anilines is 1. The lowest BCUT2D eigenvalue weighted by Gasteiger charge is -2.19. The van der Waals surface area contributed by atoms with E-state index < -0.39 is 15.8 Å². The van der Waals surface area contributed by atoms with Crippen LogP contribution < -0.4 is 5.73 Å². The molecule has 96 valence electrons. The van der Waals surface area contributed by atoms with Crippen LogP contribution in [0.5, 0.6) is 0 Å². The van der Waals surface area contributed by atoms with Gasteiger partial charge in [-0.2, -0.15) is 4.31 Å². The van der Waals surface area contributed by atoms with E-state index in [1.165, 1.54) is 4.31 Å². The summed E-state index contributed by atoms with van der Waals surface area (Å²) >= 11 is 3.04. The Morgan fingerprint density at radius 2 is 1.88 bits per heavy atom. The van der Waals surface area contributed by atoms with Crippen molar-refractivity contribution in [2.24, 2.45) is 0 Å². The molecule has 0 saturated heterocycles. The highest BCUT2D eigenvalue weighted by atomic mass is 79.9. The number of nitrogen functional groups attached to an aromatic ring is 1. The summed E-state index contributed by atoms with van der Waals surface area (Å²) in [6.45, 7) is 4.18. The Bertz CT molecular complexity index is 515. The fraction of sp³-hybridized carbons (Fsp3) is 0.400. The third-order valence-corrected chi connectivity index (χ3v) is 5.38. The Morgan fingerprint density at radius 3 is 2.35 bits per heavy atom. The number of nitrogens with two attached hydrogens (primary N) is 1. The number of benzene rings is 1. The molecule has 0 aliphatic carbocycles. The summed E-state index contributed by atoms with van der Waals surface area (Å²) in [6.07, 6.45) is 0. The molecule has 0 fully saturated rings. The maximum absolute atomic E-state index is 13.1. The van der Waals surface area contributed by atoms with E-state index in [0.29, 0.717) is 13.1 Å². The van der Waals surface area contributed by atoms with Crippen LogP contribution in [-0.2, 0) is 10.0 Å². The van der Waals surface area contributed by atoms with Gasteiger partial charge < -0.3 is 5.73 Å². The van der Waals surface area contributed by atoms with Crippen molar-refractivity contribution >= 4 is 31.6 Å². The van der Waals surface area contributed by atoms with Crippen molar-refractivity contribution in [2.75, 3.05) is 18.8 Å². The van der Waals surface area contributed by atoms with Gasteiger partial charge in [-0.3, -0.25) is 0 Å². The molecule has 17 heavy (non-hydrogen) atoms. The minimum absolute atomic E-state index is 0.0138. The molecular formula is C10H14BrFN2O2S. The summed E-state index contributed by atoms with van der Waals surface area (Å²) in [5.41, 5.74) is 5.21. The van der Waals surface area contributed by atoms with E-state index in [-0.39, 0.29) is 15.1 Å². The number of hydrogen-bond acceptors (Lipinski definition) is 3. The van der Waals surface area contributed by atoms with Gasteiger partial charge in [0.25, 0.3) is 0 Å². The molecule has 1 rings (SSSR count). The van der Waals surface area contributed by atoms with E-state index in [4.69, 9.17) is 5.73 Å². The summed E-state index contributed by atoms with van der Waals surface area (Å²) < 4.78 is 39.0. The molecule has 4 nitrogen and oxygen atoms in total. The van der Waals surface area contributed by atoms with Gasteiger partial charge in [-0.05, 0) is 28.1 Å². The second-order valence-corrected chi connectivity index (χ2v) is 6.15.